The van der Waals surface area contributed by atoms with E-state index in [1.54, 1.807) is 6.07 Å². The van der Waals surface area contributed by atoms with Gasteiger partial charge in [0.2, 0.25) is 0 Å². The van der Waals surface area contributed by atoms with Gasteiger partial charge in [-0.2, -0.15) is 0 Å². The third-order valence-electron chi connectivity index (χ3n) is 9.67. The topological polar surface area (TPSA) is 73.2 Å². The molecule has 0 spiro atoms. The number of carbonyl (C=O) groups excluding carboxylic acids is 1. The number of nitrogens with zero attached hydrogens (tertiary/aromatic N) is 3. The minimum absolute atomic E-state index is 0.0338. The first kappa shape index (κ1) is 37.9. The third-order valence-corrected chi connectivity index (χ3v) is 10.5. The second-order valence-corrected chi connectivity index (χ2v) is 14.9. The molecule has 1 fully saturated rings. The lowest BCUT2D eigenvalue weighted by Gasteiger charge is -2.37. The number of hydrogen-bond acceptors (Lipinski definition) is 7. The zero-order valence-electron chi connectivity index (χ0n) is 29.4. The normalized spacial score (nSPS) is 15.4. The highest BCUT2D eigenvalue weighted by atomic mass is 35.5. The van der Waals surface area contributed by atoms with Gasteiger partial charge in [0.05, 0.1) is 34.5 Å². The highest BCUT2D eigenvalue weighted by Crippen LogP contribution is 2.41. The predicted octanol–water partition coefficient (Wildman–Crippen LogP) is 9.42. The van der Waals surface area contributed by atoms with Crippen molar-refractivity contribution in [3.8, 4) is 5.75 Å². The lowest BCUT2D eigenvalue weighted by Crippen LogP contribution is -2.46. The molecule has 10 heteroatoms. The van der Waals surface area contributed by atoms with Crippen molar-refractivity contribution in [1.82, 2.24) is 9.47 Å². The number of fused-ring (bicyclic) bond motifs is 1. The fourth-order valence-electron chi connectivity index (χ4n) is 6.87. The molecular formula is C38H53Cl2N3O5. The Balaban J connectivity index is 1.21. The predicted molar refractivity (Wildman–Crippen MR) is 197 cm³/mol. The van der Waals surface area contributed by atoms with Crippen LogP contribution < -0.4 is 15.2 Å². The van der Waals surface area contributed by atoms with E-state index < -0.39 is 6.16 Å². The van der Waals surface area contributed by atoms with Crippen molar-refractivity contribution in [2.45, 2.75) is 86.3 Å². The highest BCUT2D eigenvalue weighted by molar-refractivity contribution is 6.43. The van der Waals surface area contributed by atoms with Crippen LogP contribution in [-0.2, 0) is 16.2 Å². The first-order valence-corrected chi connectivity index (χ1v) is 18.2. The monoisotopic (exact) mass is 701 g/mol. The number of piperazine rings is 1. The zero-order chi connectivity index (χ0) is 34.7. The maximum Gasteiger partial charge on any atom is 0.510 e. The molecule has 48 heavy (non-hydrogen) atoms. The minimum atomic E-state index is -0.774. The fourth-order valence-corrected chi connectivity index (χ4v) is 7.29. The largest absolute Gasteiger partial charge is 0.510 e. The van der Waals surface area contributed by atoms with Gasteiger partial charge in [0.1, 0.15) is 5.75 Å². The smallest absolute Gasteiger partial charge is 0.494 e. The van der Waals surface area contributed by atoms with Crippen LogP contribution in [0.5, 0.6) is 5.75 Å². The van der Waals surface area contributed by atoms with E-state index >= 15 is 0 Å². The van der Waals surface area contributed by atoms with E-state index in [-0.39, 0.29) is 29.7 Å². The highest BCUT2D eigenvalue weighted by Gasteiger charge is 2.30. The van der Waals surface area contributed by atoms with Gasteiger partial charge in [-0.3, -0.25) is 14.3 Å². The Morgan fingerprint density at radius 3 is 2.38 bits per heavy atom. The number of anilines is 1. The number of benzene rings is 2. The number of rotatable bonds is 17. The second kappa shape index (κ2) is 17.6. The summed E-state index contributed by atoms with van der Waals surface area (Å²) in [5.74, 6) is 0.667. The lowest BCUT2D eigenvalue weighted by atomic mass is 9.69. The molecule has 4 rings (SSSR count). The van der Waals surface area contributed by atoms with Gasteiger partial charge in [-0.25, -0.2) is 4.79 Å². The summed E-state index contributed by atoms with van der Waals surface area (Å²) in [6.07, 6.45) is 6.42. The van der Waals surface area contributed by atoms with Crippen LogP contribution in [0.3, 0.4) is 0 Å². The molecule has 2 aromatic carbocycles. The number of aromatic nitrogens is 1. The third kappa shape index (κ3) is 10.8. The van der Waals surface area contributed by atoms with Crippen LogP contribution in [0.15, 0.2) is 53.3 Å². The number of carbonyl (C=O) groups is 1. The molecule has 1 aliphatic rings. The van der Waals surface area contributed by atoms with Crippen LogP contribution in [-0.4, -0.2) is 61.6 Å². The summed E-state index contributed by atoms with van der Waals surface area (Å²) in [7, 11) is 0. The minimum Gasteiger partial charge on any atom is -0.494 e. The molecular weight excluding hydrogens is 649 g/mol. The Labute approximate surface area is 296 Å². The number of unbranched alkanes of at least 4 members (excludes halogenated alkanes) is 1. The molecule has 3 aromatic rings. The molecule has 0 saturated carbocycles. The Hall–Kier alpha value is -2.94. The first-order valence-electron chi connectivity index (χ1n) is 17.4. The number of pyridine rings is 1. The Morgan fingerprint density at radius 1 is 0.896 bits per heavy atom. The van der Waals surface area contributed by atoms with E-state index in [0.717, 1.165) is 82.3 Å². The van der Waals surface area contributed by atoms with Crippen molar-refractivity contribution in [3.05, 3.63) is 68.9 Å². The molecule has 1 unspecified atom stereocenters. The number of halogens is 2. The summed E-state index contributed by atoms with van der Waals surface area (Å²) in [6.45, 7) is 16.6. The van der Waals surface area contributed by atoms with Gasteiger partial charge in [0.15, 0.2) is 6.73 Å². The van der Waals surface area contributed by atoms with Gasteiger partial charge in [-0.1, -0.05) is 76.7 Å². The summed E-state index contributed by atoms with van der Waals surface area (Å²) in [5.41, 5.74) is 1.69. The number of hydrogen-bond donors (Lipinski definition) is 0. The van der Waals surface area contributed by atoms with E-state index in [1.807, 2.05) is 36.4 Å². The van der Waals surface area contributed by atoms with Crippen LogP contribution in [0.25, 0.3) is 10.9 Å². The Bertz CT molecular complexity index is 1550. The second-order valence-electron chi connectivity index (χ2n) is 14.2. The maximum atomic E-state index is 12.8. The standard InChI is InChI=1S/C38H53Cl2N3O5/c1-6-17-38(5,7-2)27-37(3,4)18-25-47-36(45)48-28-43-33-26-30(15-13-29(33)14-16-34(43)44)46-24-9-8-19-41-20-22-42(23-21-41)32-12-10-11-31(39)35(32)40/h10-16,26H,6-9,17-25,27-28H2,1-5H3. The van der Waals surface area contributed by atoms with Gasteiger partial charge in [0.25, 0.3) is 5.56 Å². The molecule has 1 saturated heterocycles. The SMILES string of the molecule is CCCC(C)(CC)CC(C)(C)CCOC(=O)OCn1c(=O)ccc2ccc(OCCCCN3CCN(c4cccc(Cl)c4Cl)CC3)cc21. The molecule has 0 radical (unpaired) electrons. The van der Waals surface area contributed by atoms with E-state index in [0.29, 0.717) is 27.9 Å². The molecule has 0 amide bonds. The van der Waals surface area contributed by atoms with E-state index in [9.17, 15) is 9.59 Å². The Kier molecular flexibility index (Phi) is 13.9. The van der Waals surface area contributed by atoms with Gasteiger partial charge < -0.3 is 19.1 Å². The van der Waals surface area contributed by atoms with Gasteiger partial charge >= 0.3 is 6.16 Å². The van der Waals surface area contributed by atoms with Crippen molar-refractivity contribution in [1.29, 1.82) is 0 Å². The fraction of sp³-hybridized carbons (Fsp3) is 0.579. The molecule has 0 aliphatic carbocycles. The average molecular weight is 703 g/mol. The molecule has 1 aliphatic heterocycles. The van der Waals surface area contributed by atoms with E-state index in [4.69, 9.17) is 37.4 Å². The van der Waals surface area contributed by atoms with Crippen LogP contribution >= 0.6 is 23.2 Å². The van der Waals surface area contributed by atoms with Crippen LogP contribution in [0, 0.1) is 10.8 Å². The molecule has 1 aromatic heterocycles. The Morgan fingerprint density at radius 2 is 1.65 bits per heavy atom. The summed E-state index contributed by atoms with van der Waals surface area (Å²) in [5, 5.41) is 2.06. The molecule has 1 atom stereocenters. The molecule has 2 heterocycles. The molecule has 0 N–H and O–H groups in total. The van der Waals surface area contributed by atoms with E-state index in [2.05, 4.69) is 44.4 Å². The average Bonchev–Trinajstić information content (AvgIpc) is 3.05. The van der Waals surface area contributed by atoms with Crippen LogP contribution in [0.2, 0.25) is 10.0 Å². The van der Waals surface area contributed by atoms with Gasteiger partial charge in [-0.15, -0.1) is 0 Å². The quantitative estimate of drug-likeness (QED) is 0.103. The zero-order valence-corrected chi connectivity index (χ0v) is 30.9. The molecule has 264 valence electrons. The number of ether oxygens (including phenoxy) is 3. The summed E-state index contributed by atoms with van der Waals surface area (Å²) in [4.78, 5) is 30.0. The summed E-state index contributed by atoms with van der Waals surface area (Å²) >= 11 is 12.6. The van der Waals surface area contributed by atoms with Gasteiger partial charge in [-0.05, 0) is 85.2 Å². The summed E-state index contributed by atoms with van der Waals surface area (Å²) < 4.78 is 18.3. The maximum absolute atomic E-state index is 12.8. The van der Waals surface area contributed by atoms with Crippen molar-refractivity contribution in [3.63, 3.8) is 0 Å². The van der Waals surface area contributed by atoms with Crippen LogP contribution in [0.1, 0.15) is 79.6 Å². The van der Waals surface area contributed by atoms with Crippen molar-refractivity contribution in [2.75, 3.05) is 50.8 Å². The molecule has 8 nitrogen and oxygen atoms in total. The van der Waals surface area contributed by atoms with Gasteiger partial charge in [0, 0.05) is 38.3 Å². The lowest BCUT2D eigenvalue weighted by molar-refractivity contribution is 0.0239. The first-order chi connectivity index (χ1) is 22.9. The van der Waals surface area contributed by atoms with Crippen LogP contribution in [0.4, 0.5) is 10.5 Å². The van der Waals surface area contributed by atoms with Crippen molar-refractivity contribution in [2.24, 2.45) is 10.8 Å². The van der Waals surface area contributed by atoms with E-state index in [1.165, 1.54) is 17.1 Å². The summed E-state index contributed by atoms with van der Waals surface area (Å²) in [6, 6.07) is 14.7. The van der Waals surface area contributed by atoms with Crippen molar-refractivity contribution >= 4 is 45.9 Å². The molecule has 0 bridgehead atoms. The van der Waals surface area contributed by atoms with Crippen molar-refractivity contribution < 1.29 is 19.0 Å².